The third-order valence-corrected chi connectivity index (χ3v) is 1.39. The van der Waals surface area contributed by atoms with Gasteiger partial charge in [-0.1, -0.05) is 31.9 Å². The number of halogens is 1. The highest BCUT2D eigenvalue weighted by Crippen LogP contribution is 1.96. The normalized spacial score (nSPS) is 10.9. The zero-order valence-corrected chi connectivity index (χ0v) is 6.82. The van der Waals surface area contributed by atoms with E-state index in [1.54, 1.807) is 0 Å². The molecule has 54 valence electrons. The van der Waals surface area contributed by atoms with Crippen LogP contribution in [0.4, 0.5) is 0 Å². The molecule has 1 heteroatoms. The van der Waals surface area contributed by atoms with Gasteiger partial charge in [-0.05, 0) is 12.8 Å². The Bertz CT molecular complexity index is 67.0. The van der Waals surface area contributed by atoms with Crippen LogP contribution in [0.15, 0.2) is 12.2 Å². The van der Waals surface area contributed by atoms with E-state index in [1.165, 1.54) is 19.3 Å². The quantitative estimate of drug-likeness (QED) is 0.317. The second-order valence-corrected chi connectivity index (χ2v) is 2.47. The van der Waals surface area contributed by atoms with E-state index in [-0.39, 0.29) is 0 Å². The van der Waals surface area contributed by atoms with E-state index in [1.807, 2.05) is 0 Å². The molecule has 0 bridgehead atoms. The molecular weight excluding hydrogens is 132 g/mol. The molecule has 0 N–H and O–H groups in total. The van der Waals surface area contributed by atoms with E-state index < -0.39 is 0 Å². The average molecular weight is 147 g/mol. The molecule has 0 saturated heterocycles. The van der Waals surface area contributed by atoms with Crippen LogP contribution in [0.5, 0.6) is 0 Å². The molecule has 0 aromatic heterocycles. The van der Waals surface area contributed by atoms with Gasteiger partial charge >= 0.3 is 0 Å². The summed E-state index contributed by atoms with van der Waals surface area (Å²) in [4.78, 5) is 0. The highest BCUT2D eigenvalue weighted by atomic mass is 35.5. The van der Waals surface area contributed by atoms with Crippen LogP contribution in [0.3, 0.4) is 0 Å². The fraction of sp³-hybridized carbons (Fsp3) is 0.750. The molecular formula is C8H15Cl. The highest BCUT2D eigenvalue weighted by molar-refractivity contribution is 6.17. The number of hydrogen-bond acceptors (Lipinski definition) is 0. The molecule has 0 spiro atoms. The Kier molecular flexibility index (Phi) is 8.06. The van der Waals surface area contributed by atoms with Gasteiger partial charge < -0.3 is 0 Å². The summed E-state index contributed by atoms with van der Waals surface area (Å²) < 4.78 is 0. The maximum Gasteiger partial charge on any atom is 0.0257 e. The van der Waals surface area contributed by atoms with E-state index in [0.717, 1.165) is 12.3 Å². The van der Waals surface area contributed by atoms with Crippen molar-refractivity contribution in [2.75, 3.05) is 5.88 Å². The van der Waals surface area contributed by atoms with Gasteiger partial charge in [-0.25, -0.2) is 0 Å². The second-order valence-electron chi connectivity index (χ2n) is 2.09. The number of rotatable bonds is 5. The molecule has 0 aliphatic rings. The molecule has 0 nitrogen and oxygen atoms in total. The summed E-state index contributed by atoms with van der Waals surface area (Å²) in [6, 6.07) is 0. The van der Waals surface area contributed by atoms with Crippen molar-refractivity contribution in [2.24, 2.45) is 0 Å². The minimum Gasteiger partial charge on any atom is -0.126 e. The Morgan fingerprint density at radius 3 is 2.44 bits per heavy atom. The topological polar surface area (TPSA) is 0 Å². The minimum atomic E-state index is 0.753. The number of unbranched alkanes of at least 4 members (excludes halogenated alkanes) is 2. The van der Waals surface area contributed by atoms with E-state index >= 15 is 0 Å². The minimum absolute atomic E-state index is 0.753. The summed E-state index contributed by atoms with van der Waals surface area (Å²) in [5.41, 5.74) is 0. The molecule has 0 heterocycles. The highest BCUT2D eigenvalue weighted by Gasteiger charge is 1.77. The van der Waals surface area contributed by atoms with Crippen molar-refractivity contribution < 1.29 is 0 Å². The van der Waals surface area contributed by atoms with Gasteiger partial charge in [0.1, 0.15) is 0 Å². The first kappa shape index (κ1) is 9.03. The molecule has 0 aliphatic heterocycles. The van der Waals surface area contributed by atoms with Crippen molar-refractivity contribution in [1.29, 1.82) is 0 Å². The van der Waals surface area contributed by atoms with Crippen LogP contribution < -0.4 is 0 Å². The van der Waals surface area contributed by atoms with Gasteiger partial charge in [0, 0.05) is 5.88 Å². The van der Waals surface area contributed by atoms with Crippen molar-refractivity contribution in [1.82, 2.24) is 0 Å². The molecule has 0 fully saturated rings. The third-order valence-electron chi connectivity index (χ3n) is 1.17. The van der Waals surface area contributed by atoms with Gasteiger partial charge in [0.2, 0.25) is 0 Å². The zero-order chi connectivity index (χ0) is 6.95. The molecule has 9 heavy (non-hydrogen) atoms. The summed E-state index contributed by atoms with van der Waals surface area (Å²) in [6.07, 6.45) is 9.19. The van der Waals surface area contributed by atoms with E-state index in [9.17, 15) is 0 Å². The van der Waals surface area contributed by atoms with E-state index in [0.29, 0.717) is 0 Å². The molecule has 0 aromatic rings. The maximum absolute atomic E-state index is 5.46. The fourth-order valence-corrected chi connectivity index (χ4v) is 0.747. The van der Waals surface area contributed by atoms with Crippen LogP contribution in [-0.2, 0) is 0 Å². The first-order valence-corrected chi connectivity index (χ1v) is 4.16. The van der Waals surface area contributed by atoms with Crippen molar-refractivity contribution in [2.45, 2.75) is 32.6 Å². The molecule has 0 radical (unpaired) electrons. The molecule has 0 saturated carbocycles. The lowest BCUT2D eigenvalue weighted by Gasteiger charge is -1.86. The van der Waals surface area contributed by atoms with Crippen molar-refractivity contribution >= 4 is 11.6 Å². The fourth-order valence-electron chi connectivity index (χ4n) is 0.621. The Balaban J connectivity index is 2.86. The van der Waals surface area contributed by atoms with Gasteiger partial charge in [-0.2, -0.15) is 0 Å². The van der Waals surface area contributed by atoms with Crippen molar-refractivity contribution in [3.8, 4) is 0 Å². The molecule has 0 aliphatic carbocycles. The lowest BCUT2D eigenvalue weighted by molar-refractivity contribution is 0.813. The van der Waals surface area contributed by atoms with Crippen molar-refractivity contribution in [3.63, 3.8) is 0 Å². The van der Waals surface area contributed by atoms with Crippen LogP contribution >= 0.6 is 11.6 Å². The Hall–Kier alpha value is 0.0300. The summed E-state index contributed by atoms with van der Waals surface area (Å²) >= 11 is 5.46. The Labute approximate surface area is 62.9 Å². The first-order valence-electron chi connectivity index (χ1n) is 3.62. The van der Waals surface area contributed by atoms with Gasteiger partial charge in [0.15, 0.2) is 0 Å². The lowest BCUT2D eigenvalue weighted by atomic mass is 10.2. The Morgan fingerprint density at radius 2 is 1.89 bits per heavy atom. The van der Waals surface area contributed by atoms with Gasteiger partial charge in [0.25, 0.3) is 0 Å². The monoisotopic (exact) mass is 146 g/mol. The summed E-state index contributed by atoms with van der Waals surface area (Å²) in [7, 11) is 0. The van der Waals surface area contributed by atoms with Crippen LogP contribution in [0, 0.1) is 0 Å². The standard InChI is InChI=1S/C8H15Cl/c1-2-3-4-5-6-7-8-9/h5-6H,2-4,7-8H2,1H3/b6-5+. The average Bonchev–Trinajstić information content (AvgIpc) is 1.89. The van der Waals surface area contributed by atoms with Gasteiger partial charge in [-0.3, -0.25) is 0 Å². The lowest BCUT2D eigenvalue weighted by Crippen LogP contribution is -1.68. The zero-order valence-electron chi connectivity index (χ0n) is 6.07. The van der Waals surface area contributed by atoms with Gasteiger partial charge in [-0.15, -0.1) is 11.6 Å². The molecule has 0 atom stereocenters. The second kappa shape index (κ2) is 8.03. The third kappa shape index (κ3) is 8.03. The predicted molar refractivity (Wildman–Crippen MR) is 44.0 cm³/mol. The number of hydrogen-bond donors (Lipinski definition) is 0. The smallest absolute Gasteiger partial charge is 0.0257 e. The first-order chi connectivity index (χ1) is 4.41. The predicted octanol–water partition coefficient (Wildman–Crippen LogP) is 3.36. The largest absolute Gasteiger partial charge is 0.126 e. The van der Waals surface area contributed by atoms with E-state index in [2.05, 4.69) is 19.1 Å². The van der Waals surface area contributed by atoms with Crippen molar-refractivity contribution in [3.05, 3.63) is 12.2 Å². The summed E-state index contributed by atoms with van der Waals surface area (Å²) in [5, 5.41) is 0. The molecule has 0 aromatic carbocycles. The SMILES string of the molecule is CCCC/C=C/CCCl. The maximum atomic E-state index is 5.46. The van der Waals surface area contributed by atoms with Crippen LogP contribution in [-0.4, -0.2) is 5.88 Å². The van der Waals surface area contributed by atoms with E-state index in [4.69, 9.17) is 11.6 Å². The van der Waals surface area contributed by atoms with Crippen LogP contribution in [0.2, 0.25) is 0 Å². The molecule has 0 unspecified atom stereocenters. The van der Waals surface area contributed by atoms with Gasteiger partial charge in [0.05, 0.1) is 0 Å². The van der Waals surface area contributed by atoms with Crippen LogP contribution in [0.1, 0.15) is 32.6 Å². The number of allylic oxidation sites excluding steroid dienone is 2. The molecule has 0 rings (SSSR count). The molecule has 0 amide bonds. The summed E-state index contributed by atoms with van der Waals surface area (Å²) in [6.45, 7) is 2.20. The Morgan fingerprint density at radius 1 is 1.22 bits per heavy atom. The van der Waals surface area contributed by atoms with Crippen LogP contribution in [0.25, 0.3) is 0 Å². The summed E-state index contributed by atoms with van der Waals surface area (Å²) in [5.74, 6) is 0.753. The number of alkyl halides is 1.